The predicted molar refractivity (Wildman–Crippen MR) is 28.4 cm³/mol. The summed E-state index contributed by atoms with van der Waals surface area (Å²) in [4.78, 5) is 0. The topological polar surface area (TPSA) is 35.8 Å². The Morgan fingerprint density at radius 3 is 2.43 bits per heavy atom. The summed E-state index contributed by atoms with van der Waals surface area (Å²) < 4.78 is 0. The van der Waals surface area contributed by atoms with Gasteiger partial charge in [-0.2, -0.15) is 5.26 Å². The zero-order valence-electron chi connectivity index (χ0n) is 4.52. The molecular weight excluding hydrogens is 88.1 g/mol. The molecule has 0 saturated carbocycles. The van der Waals surface area contributed by atoms with Crippen LogP contribution in [-0.4, -0.2) is 7.05 Å². The van der Waals surface area contributed by atoms with Crippen molar-refractivity contribution in [3.8, 4) is 6.07 Å². The van der Waals surface area contributed by atoms with Gasteiger partial charge in [-0.05, 0) is 6.92 Å². The third kappa shape index (κ3) is 1.83. The number of allylic oxidation sites excluding steroid dienone is 2. The van der Waals surface area contributed by atoms with Crippen LogP contribution in [-0.2, 0) is 0 Å². The highest BCUT2D eigenvalue weighted by atomic mass is 14.8. The van der Waals surface area contributed by atoms with Crippen LogP contribution in [0.5, 0.6) is 0 Å². The maximum atomic E-state index is 8.15. The second-order valence-corrected chi connectivity index (χ2v) is 1.06. The van der Waals surface area contributed by atoms with Gasteiger partial charge in [-0.1, -0.05) is 6.08 Å². The summed E-state index contributed by atoms with van der Waals surface area (Å²) in [6.07, 6.45) is 1.72. The highest BCUT2D eigenvalue weighted by Gasteiger charge is 1.79. The lowest BCUT2D eigenvalue weighted by molar-refractivity contribution is 1.03. The van der Waals surface area contributed by atoms with E-state index in [0.29, 0.717) is 5.70 Å². The van der Waals surface area contributed by atoms with E-state index in [1.54, 1.807) is 13.1 Å². The first-order chi connectivity index (χ1) is 3.35. The molecule has 1 N–H and O–H groups in total. The van der Waals surface area contributed by atoms with Crippen LogP contribution in [0.25, 0.3) is 0 Å². The average Bonchev–Trinajstić information content (AvgIpc) is 1.72. The van der Waals surface area contributed by atoms with E-state index in [0.717, 1.165) is 0 Å². The van der Waals surface area contributed by atoms with E-state index >= 15 is 0 Å². The highest BCUT2D eigenvalue weighted by molar-refractivity contribution is 5.16. The largest absolute Gasteiger partial charge is 0.380 e. The van der Waals surface area contributed by atoms with Gasteiger partial charge < -0.3 is 5.32 Å². The molecule has 0 atom stereocenters. The third-order valence-electron chi connectivity index (χ3n) is 0.678. The molecule has 7 heavy (non-hydrogen) atoms. The minimum atomic E-state index is 0.611. The summed E-state index contributed by atoms with van der Waals surface area (Å²) in [5.41, 5.74) is 0.611. The molecule has 0 heterocycles. The molecule has 0 saturated heterocycles. The lowest BCUT2D eigenvalue weighted by Crippen LogP contribution is -2.01. The Hall–Kier alpha value is -0.970. The summed E-state index contributed by atoms with van der Waals surface area (Å²) in [6, 6.07) is 1.95. The van der Waals surface area contributed by atoms with E-state index in [-0.39, 0.29) is 0 Å². The number of hydrogen-bond acceptors (Lipinski definition) is 2. The summed E-state index contributed by atoms with van der Waals surface area (Å²) in [6.45, 7) is 1.81. The van der Waals surface area contributed by atoms with Crippen LogP contribution in [0.3, 0.4) is 0 Å². The van der Waals surface area contributed by atoms with Crippen LogP contribution in [0.4, 0.5) is 0 Å². The average molecular weight is 96.1 g/mol. The van der Waals surface area contributed by atoms with Crippen molar-refractivity contribution in [1.29, 1.82) is 5.26 Å². The van der Waals surface area contributed by atoms with Crippen LogP contribution >= 0.6 is 0 Å². The number of nitrogens with one attached hydrogen (secondary N) is 1. The fourth-order valence-electron chi connectivity index (χ4n) is 0.265. The van der Waals surface area contributed by atoms with E-state index in [1.807, 2.05) is 13.0 Å². The van der Waals surface area contributed by atoms with Crippen molar-refractivity contribution < 1.29 is 0 Å². The Bertz CT molecular complexity index is 108. The summed E-state index contributed by atoms with van der Waals surface area (Å²) in [7, 11) is 1.72. The van der Waals surface area contributed by atoms with Gasteiger partial charge in [0, 0.05) is 7.05 Å². The minimum Gasteiger partial charge on any atom is -0.380 e. The molecule has 0 radical (unpaired) electrons. The smallest absolute Gasteiger partial charge is 0.117 e. The molecule has 0 aliphatic heterocycles. The molecule has 0 aromatic heterocycles. The third-order valence-corrected chi connectivity index (χ3v) is 0.678. The van der Waals surface area contributed by atoms with Crippen LogP contribution in [0.1, 0.15) is 6.92 Å². The molecule has 0 fully saturated rings. The van der Waals surface area contributed by atoms with Gasteiger partial charge in [0.15, 0.2) is 0 Å². The molecule has 2 nitrogen and oxygen atoms in total. The number of nitriles is 1. The second kappa shape index (κ2) is 3.23. The number of hydrogen-bond donors (Lipinski definition) is 1. The fraction of sp³-hybridized carbons (Fsp3) is 0.400. The van der Waals surface area contributed by atoms with Gasteiger partial charge in [0.05, 0.1) is 0 Å². The Morgan fingerprint density at radius 2 is 2.43 bits per heavy atom. The number of rotatable bonds is 1. The normalized spacial score (nSPS) is 10.1. The molecule has 0 aromatic rings. The van der Waals surface area contributed by atoms with E-state index < -0.39 is 0 Å². The molecule has 0 unspecified atom stereocenters. The van der Waals surface area contributed by atoms with Gasteiger partial charge in [0.25, 0.3) is 0 Å². The van der Waals surface area contributed by atoms with Gasteiger partial charge in [-0.3, -0.25) is 0 Å². The van der Waals surface area contributed by atoms with Crippen LogP contribution in [0, 0.1) is 11.3 Å². The molecule has 0 amide bonds. The van der Waals surface area contributed by atoms with Crippen molar-refractivity contribution in [3.63, 3.8) is 0 Å². The molecule has 0 rings (SSSR count). The summed E-state index contributed by atoms with van der Waals surface area (Å²) in [5.74, 6) is 0. The molecule has 0 aromatic carbocycles. The van der Waals surface area contributed by atoms with Gasteiger partial charge in [0.2, 0.25) is 0 Å². The second-order valence-electron chi connectivity index (χ2n) is 1.06. The van der Waals surface area contributed by atoms with Crippen LogP contribution in [0.15, 0.2) is 11.8 Å². The molecule has 2 heteroatoms. The molecule has 0 aliphatic carbocycles. The zero-order chi connectivity index (χ0) is 5.70. The van der Waals surface area contributed by atoms with Crippen molar-refractivity contribution in [2.45, 2.75) is 6.92 Å². The Balaban J connectivity index is 3.68. The quantitative estimate of drug-likeness (QED) is 0.486. The molecule has 0 bridgehead atoms. The van der Waals surface area contributed by atoms with Crippen molar-refractivity contribution in [1.82, 2.24) is 5.32 Å². The first-order valence-electron chi connectivity index (χ1n) is 2.09. The van der Waals surface area contributed by atoms with E-state index in [4.69, 9.17) is 5.26 Å². The summed E-state index contributed by atoms with van der Waals surface area (Å²) >= 11 is 0. The Kier molecular flexibility index (Phi) is 2.78. The van der Waals surface area contributed by atoms with Crippen molar-refractivity contribution in [2.75, 3.05) is 7.05 Å². The molecule has 0 aliphatic rings. The standard InChI is InChI=1S/C5H8N2/c1-3-5(4-6)7-2/h3,7H,1-2H3. The molecular formula is C5H8N2. The van der Waals surface area contributed by atoms with Crippen LogP contribution < -0.4 is 5.32 Å². The number of nitrogens with zero attached hydrogens (tertiary/aromatic N) is 1. The Morgan fingerprint density at radius 1 is 1.86 bits per heavy atom. The maximum Gasteiger partial charge on any atom is 0.117 e. The van der Waals surface area contributed by atoms with E-state index in [2.05, 4.69) is 5.32 Å². The first kappa shape index (κ1) is 6.03. The van der Waals surface area contributed by atoms with Gasteiger partial charge in [-0.25, -0.2) is 0 Å². The van der Waals surface area contributed by atoms with Gasteiger partial charge in [0.1, 0.15) is 11.8 Å². The fourth-order valence-corrected chi connectivity index (χ4v) is 0.265. The van der Waals surface area contributed by atoms with Crippen LogP contribution in [0.2, 0.25) is 0 Å². The first-order valence-corrected chi connectivity index (χ1v) is 2.09. The highest BCUT2D eigenvalue weighted by Crippen LogP contribution is 1.78. The SMILES string of the molecule is CC=C(C#N)NC. The Labute approximate surface area is 43.5 Å². The van der Waals surface area contributed by atoms with E-state index in [1.165, 1.54) is 0 Å². The zero-order valence-corrected chi connectivity index (χ0v) is 4.52. The molecule has 0 spiro atoms. The van der Waals surface area contributed by atoms with Gasteiger partial charge in [-0.15, -0.1) is 0 Å². The maximum absolute atomic E-state index is 8.15. The van der Waals surface area contributed by atoms with Crippen molar-refractivity contribution in [3.05, 3.63) is 11.8 Å². The lowest BCUT2D eigenvalue weighted by Gasteiger charge is -1.88. The van der Waals surface area contributed by atoms with Crippen molar-refractivity contribution in [2.24, 2.45) is 0 Å². The lowest BCUT2D eigenvalue weighted by atomic mass is 10.4. The summed E-state index contributed by atoms with van der Waals surface area (Å²) in [5, 5.41) is 10.8. The monoisotopic (exact) mass is 96.1 g/mol. The van der Waals surface area contributed by atoms with Gasteiger partial charge >= 0.3 is 0 Å². The minimum absolute atomic E-state index is 0.611. The van der Waals surface area contributed by atoms with Crippen molar-refractivity contribution >= 4 is 0 Å². The molecule has 38 valence electrons. The predicted octanol–water partition coefficient (Wildman–Crippen LogP) is 0.633. The van der Waals surface area contributed by atoms with E-state index in [9.17, 15) is 0 Å².